The van der Waals surface area contributed by atoms with Crippen LogP contribution in [0.5, 0.6) is 0 Å². The smallest absolute Gasteiger partial charge is 0.0110 e. The molecule has 1 aliphatic heterocycles. The van der Waals surface area contributed by atoms with Crippen molar-refractivity contribution in [1.29, 1.82) is 0 Å². The Kier molecular flexibility index (Phi) is 7.01. The molecule has 0 amide bonds. The van der Waals surface area contributed by atoms with Crippen molar-refractivity contribution in [1.82, 2.24) is 15.1 Å². The summed E-state index contributed by atoms with van der Waals surface area (Å²) >= 11 is 0. The van der Waals surface area contributed by atoms with Gasteiger partial charge in [-0.15, -0.1) is 0 Å². The Labute approximate surface area is 101 Å². The first kappa shape index (κ1) is 13.9. The Bertz CT molecular complexity index is 165. The first-order chi connectivity index (χ1) is 7.72. The minimum absolute atomic E-state index is 0.692. The fraction of sp³-hybridized carbons (Fsp3) is 1.00. The van der Waals surface area contributed by atoms with E-state index in [1.165, 1.54) is 52.0 Å². The first-order valence-corrected chi connectivity index (χ1v) is 6.86. The van der Waals surface area contributed by atoms with E-state index in [9.17, 15) is 0 Å². The quantitative estimate of drug-likeness (QED) is 0.663. The van der Waals surface area contributed by atoms with Gasteiger partial charge in [0.25, 0.3) is 0 Å². The Hall–Kier alpha value is -0.120. The van der Waals surface area contributed by atoms with E-state index in [2.05, 4.69) is 36.0 Å². The molecule has 1 N–H and O–H groups in total. The van der Waals surface area contributed by atoms with Crippen LogP contribution in [-0.4, -0.2) is 62.2 Å². The third kappa shape index (κ3) is 5.83. The highest BCUT2D eigenvalue weighted by Gasteiger charge is 2.12. The van der Waals surface area contributed by atoms with Crippen LogP contribution in [0.15, 0.2) is 0 Å². The largest absolute Gasteiger partial charge is 0.315 e. The van der Waals surface area contributed by atoms with E-state index < -0.39 is 0 Å². The summed E-state index contributed by atoms with van der Waals surface area (Å²) in [6.45, 7) is 11.9. The predicted molar refractivity (Wildman–Crippen MR) is 70.9 cm³/mol. The highest BCUT2D eigenvalue weighted by molar-refractivity contribution is 4.69. The molecule has 0 aliphatic carbocycles. The van der Waals surface area contributed by atoms with Gasteiger partial charge in [0, 0.05) is 32.2 Å². The molecule has 1 rings (SSSR count). The van der Waals surface area contributed by atoms with Gasteiger partial charge in [0.15, 0.2) is 0 Å². The number of piperazine rings is 1. The van der Waals surface area contributed by atoms with Gasteiger partial charge < -0.3 is 15.1 Å². The number of rotatable bonds is 7. The van der Waals surface area contributed by atoms with Crippen molar-refractivity contribution in [3.8, 4) is 0 Å². The summed E-state index contributed by atoms with van der Waals surface area (Å²) in [5.41, 5.74) is 0. The fourth-order valence-corrected chi connectivity index (χ4v) is 2.31. The van der Waals surface area contributed by atoms with Crippen molar-refractivity contribution in [2.24, 2.45) is 0 Å². The topological polar surface area (TPSA) is 18.5 Å². The van der Waals surface area contributed by atoms with Crippen LogP contribution in [0.1, 0.15) is 33.1 Å². The molecule has 16 heavy (non-hydrogen) atoms. The molecule has 0 aromatic rings. The number of hydrogen-bond donors (Lipinski definition) is 1. The van der Waals surface area contributed by atoms with Crippen molar-refractivity contribution < 1.29 is 0 Å². The normalized spacial score (nSPS) is 21.2. The Balaban J connectivity index is 1.95. The van der Waals surface area contributed by atoms with E-state index in [1.807, 2.05) is 0 Å². The number of hydrogen-bond acceptors (Lipinski definition) is 3. The summed E-state index contributed by atoms with van der Waals surface area (Å²) < 4.78 is 0. The molecule has 1 aliphatic rings. The fourth-order valence-electron chi connectivity index (χ4n) is 2.31. The molecular formula is C13H29N3. The zero-order valence-corrected chi connectivity index (χ0v) is 11.3. The van der Waals surface area contributed by atoms with Crippen molar-refractivity contribution in [2.75, 3.05) is 46.3 Å². The van der Waals surface area contributed by atoms with Gasteiger partial charge in [0.1, 0.15) is 0 Å². The zero-order valence-electron chi connectivity index (χ0n) is 11.3. The molecule has 1 unspecified atom stereocenters. The highest BCUT2D eigenvalue weighted by atomic mass is 15.2. The van der Waals surface area contributed by atoms with E-state index in [0.29, 0.717) is 6.04 Å². The second-order valence-electron chi connectivity index (χ2n) is 5.10. The number of nitrogens with one attached hydrogen (secondary N) is 1. The summed E-state index contributed by atoms with van der Waals surface area (Å²) in [4.78, 5) is 5.03. The van der Waals surface area contributed by atoms with E-state index in [-0.39, 0.29) is 0 Å². The first-order valence-electron chi connectivity index (χ1n) is 6.86. The Morgan fingerprint density at radius 3 is 2.44 bits per heavy atom. The lowest BCUT2D eigenvalue weighted by Gasteiger charge is -2.32. The summed E-state index contributed by atoms with van der Waals surface area (Å²) in [7, 11) is 2.22. The average Bonchev–Trinajstić information content (AvgIpc) is 2.27. The molecule has 0 saturated carbocycles. The average molecular weight is 227 g/mol. The molecule has 1 atom stereocenters. The molecule has 1 saturated heterocycles. The van der Waals surface area contributed by atoms with Crippen LogP contribution in [0.4, 0.5) is 0 Å². The Morgan fingerprint density at radius 1 is 1.12 bits per heavy atom. The zero-order chi connectivity index (χ0) is 11.8. The van der Waals surface area contributed by atoms with Crippen molar-refractivity contribution >= 4 is 0 Å². The van der Waals surface area contributed by atoms with Crippen molar-refractivity contribution in [3.63, 3.8) is 0 Å². The van der Waals surface area contributed by atoms with Gasteiger partial charge in [-0.3, -0.25) is 0 Å². The van der Waals surface area contributed by atoms with E-state index in [0.717, 1.165) is 6.54 Å². The molecule has 0 aromatic carbocycles. The monoisotopic (exact) mass is 227 g/mol. The van der Waals surface area contributed by atoms with Gasteiger partial charge in [0.2, 0.25) is 0 Å². The molecule has 1 heterocycles. The second kappa shape index (κ2) is 8.04. The lowest BCUT2D eigenvalue weighted by atomic mass is 10.1. The van der Waals surface area contributed by atoms with E-state index in [1.54, 1.807) is 0 Å². The molecule has 0 bridgehead atoms. The molecular weight excluding hydrogens is 198 g/mol. The highest BCUT2D eigenvalue weighted by Crippen LogP contribution is 2.05. The third-order valence-corrected chi connectivity index (χ3v) is 3.51. The van der Waals surface area contributed by atoms with Crippen LogP contribution in [0.25, 0.3) is 0 Å². The molecule has 0 spiro atoms. The van der Waals surface area contributed by atoms with E-state index in [4.69, 9.17) is 0 Å². The molecule has 3 nitrogen and oxygen atoms in total. The molecule has 3 heteroatoms. The minimum Gasteiger partial charge on any atom is -0.315 e. The van der Waals surface area contributed by atoms with Crippen LogP contribution in [0, 0.1) is 0 Å². The van der Waals surface area contributed by atoms with Gasteiger partial charge in [-0.25, -0.2) is 0 Å². The standard InChI is InChI=1S/C13H29N3/c1-4-14-13(2)7-5-6-8-16-11-9-15(3)10-12-16/h13-14H,4-12H2,1-3H3. The second-order valence-corrected chi connectivity index (χ2v) is 5.10. The van der Waals surface area contributed by atoms with Gasteiger partial charge in [-0.05, 0) is 39.9 Å². The van der Waals surface area contributed by atoms with Crippen molar-refractivity contribution in [2.45, 2.75) is 39.2 Å². The number of likely N-dealkylation sites (N-methyl/N-ethyl adjacent to an activating group) is 1. The van der Waals surface area contributed by atoms with Gasteiger partial charge in [-0.2, -0.15) is 0 Å². The van der Waals surface area contributed by atoms with Crippen LogP contribution in [0.3, 0.4) is 0 Å². The molecule has 96 valence electrons. The summed E-state index contributed by atoms with van der Waals surface area (Å²) in [6, 6.07) is 0.692. The summed E-state index contributed by atoms with van der Waals surface area (Å²) in [5.74, 6) is 0. The molecule has 0 radical (unpaired) electrons. The lowest BCUT2D eigenvalue weighted by Crippen LogP contribution is -2.44. The van der Waals surface area contributed by atoms with Crippen LogP contribution in [0.2, 0.25) is 0 Å². The maximum atomic E-state index is 3.47. The SMILES string of the molecule is CCNC(C)CCCCN1CCN(C)CC1. The minimum atomic E-state index is 0.692. The lowest BCUT2D eigenvalue weighted by molar-refractivity contribution is 0.151. The number of unbranched alkanes of at least 4 members (excludes halogenated alkanes) is 1. The van der Waals surface area contributed by atoms with Crippen LogP contribution < -0.4 is 5.32 Å². The van der Waals surface area contributed by atoms with E-state index >= 15 is 0 Å². The van der Waals surface area contributed by atoms with Gasteiger partial charge in [0.05, 0.1) is 0 Å². The summed E-state index contributed by atoms with van der Waals surface area (Å²) in [5, 5.41) is 3.47. The van der Waals surface area contributed by atoms with Crippen molar-refractivity contribution in [3.05, 3.63) is 0 Å². The number of nitrogens with zero attached hydrogens (tertiary/aromatic N) is 2. The maximum absolute atomic E-state index is 3.47. The molecule has 0 aromatic heterocycles. The molecule has 1 fully saturated rings. The Morgan fingerprint density at radius 2 is 1.81 bits per heavy atom. The van der Waals surface area contributed by atoms with Gasteiger partial charge in [-0.1, -0.05) is 13.3 Å². The third-order valence-electron chi connectivity index (χ3n) is 3.51. The maximum Gasteiger partial charge on any atom is 0.0110 e. The summed E-state index contributed by atoms with van der Waals surface area (Å²) in [6.07, 6.45) is 4.04. The van der Waals surface area contributed by atoms with Crippen LogP contribution in [-0.2, 0) is 0 Å². The predicted octanol–water partition coefficient (Wildman–Crippen LogP) is 1.40. The van der Waals surface area contributed by atoms with Crippen LogP contribution >= 0.6 is 0 Å². The van der Waals surface area contributed by atoms with Gasteiger partial charge >= 0.3 is 0 Å².